The van der Waals surface area contributed by atoms with Gasteiger partial charge in [-0.1, -0.05) is 0 Å². The Bertz CT molecular complexity index is 485. The molecule has 5 heteroatoms. The zero-order valence-corrected chi connectivity index (χ0v) is 10.8. The van der Waals surface area contributed by atoms with Gasteiger partial charge in [-0.15, -0.1) is 0 Å². The Morgan fingerprint density at radius 3 is 2.47 bits per heavy atom. The van der Waals surface area contributed by atoms with Crippen molar-refractivity contribution in [2.45, 2.75) is 31.7 Å². The third kappa shape index (κ3) is 2.16. The first kappa shape index (κ1) is 12.7. The van der Waals surface area contributed by atoms with Gasteiger partial charge in [0.1, 0.15) is 13.2 Å². The number of fused-ring (bicyclic) bond motifs is 1. The third-order valence-corrected chi connectivity index (χ3v) is 3.91. The standard InChI is InChI=1S/C14H17F2NO2/c1-14(3-2-4-17-14)10-8-12-11(18-5-6-19-12)7-9(10)13(15)16/h7-8,13,17H,2-6H2,1H3. The minimum absolute atomic E-state index is 0.0427. The molecule has 2 aliphatic rings. The molecule has 0 saturated carbocycles. The van der Waals surface area contributed by atoms with E-state index in [9.17, 15) is 8.78 Å². The van der Waals surface area contributed by atoms with Gasteiger partial charge in [0, 0.05) is 11.1 Å². The lowest BCUT2D eigenvalue weighted by Crippen LogP contribution is -2.34. The van der Waals surface area contributed by atoms with Crippen LogP contribution in [-0.4, -0.2) is 19.8 Å². The van der Waals surface area contributed by atoms with Gasteiger partial charge in [0.25, 0.3) is 6.43 Å². The summed E-state index contributed by atoms with van der Waals surface area (Å²) in [5.41, 5.74) is 0.270. The fraction of sp³-hybridized carbons (Fsp3) is 0.571. The molecular formula is C14H17F2NO2. The Labute approximate surface area is 110 Å². The van der Waals surface area contributed by atoms with Gasteiger partial charge in [-0.25, -0.2) is 8.78 Å². The van der Waals surface area contributed by atoms with Crippen molar-refractivity contribution < 1.29 is 18.3 Å². The summed E-state index contributed by atoms with van der Waals surface area (Å²) >= 11 is 0. The number of ether oxygens (including phenoxy) is 2. The molecule has 3 rings (SSSR count). The summed E-state index contributed by atoms with van der Waals surface area (Å²) in [5.74, 6) is 0.993. The molecule has 1 saturated heterocycles. The molecule has 1 unspecified atom stereocenters. The van der Waals surface area contributed by atoms with Gasteiger partial charge in [0.15, 0.2) is 11.5 Å². The number of benzene rings is 1. The molecule has 0 spiro atoms. The minimum Gasteiger partial charge on any atom is -0.486 e. The van der Waals surface area contributed by atoms with Crippen LogP contribution in [0.15, 0.2) is 12.1 Å². The van der Waals surface area contributed by atoms with Crippen LogP contribution >= 0.6 is 0 Å². The molecule has 0 bridgehead atoms. The smallest absolute Gasteiger partial charge is 0.264 e. The van der Waals surface area contributed by atoms with E-state index in [0.717, 1.165) is 19.4 Å². The SMILES string of the molecule is CC1(c2cc3c(cc2C(F)F)OCCO3)CCCN1. The van der Waals surface area contributed by atoms with Crippen LogP contribution in [0, 0.1) is 0 Å². The van der Waals surface area contributed by atoms with Crippen molar-refractivity contribution in [2.75, 3.05) is 19.8 Å². The first-order chi connectivity index (χ1) is 9.10. The van der Waals surface area contributed by atoms with Crippen LogP contribution in [0.5, 0.6) is 11.5 Å². The lowest BCUT2D eigenvalue weighted by molar-refractivity contribution is 0.143. The number of rotatable bonds is 2. The van der Waals surface area contributed by atoms with Crippen molar-refractivity contribution >= 4 is 0 Å². The van der Waals surface area contributed by atoms with Crippen LogP contribution in [0.3, 0.4) is 0 Å². The largest absolute Gasteiger partial charge is 0.486 e. The fourth-order valence-electron chi connectivity index (χ4n) is 2.89. The van der Waals surface area contributed by atoms with E-state index in [1.54, 1.807) is 6.07 Å². The number of nitrogens with one attached hydrogen (secondary N) is 1. The summed E-state index contributed by atoms with van der Waals surface area (Å²) < 4.78 is 37.5. The van der Waals surface area contributed by atoms with E-state index in [-0.39, 0.29) is 5.56 Å². The molecule has 1 fully saturated rings. The van der Waals surface area contributed by atoms with E-state index in [1.807, 2.05) is 6.92 Å². The zero-order chi connectivity index (χ0) is 13.5. The average Bonchev–Trinajstić information content (AvgIpc) is 2.85. The molecule has 19 heavy (non-hydrogen) atoms. The Kier molecular flexibility index (Phi) is 3.09. The van der Waals surface area contributed by atoms with Crippen LogP contribution < -0.4 is 14.8 Å². The number of hydrogen-bond donors (Lipinski definition) is 1. The first-order valence-electron chi connectivity index (χ1n) is 6.57. The molecule has 1 aromatic carbocycles. The second-order valence-electron chi connectivity index (χ2n) is 5.25. The summed E-state index contributed by atoms with van der Waals surface area (Å²) in [6.07, 6.45) is -0.662. The minimum atomic E-state index is -2.51. The van der Waals surface area contributed by atoms with Gasteiger partial charge >= 0.3 is 0 Å². The topological polar surface area (TPSA) is 30.5 Å². The van der Waals surface area contributed by atoms with Gasteiger partial charge < -0.3 is 14.8 Å². The molecule has 2 aliphatic heterocycles. The summed E-state index contributed by atoms with van der Waals surface area (Å²) in [7, 11) is 0. The van der Waals surface area contributed by atoms with Crippen molar-refractivity contribution in [3.63, 3.8) is 0 Å². The Hall–Kier alpha value is -1.36. The predicted octanol–water partition coefficient (Wildman–Crippen LogP) is 2.99. The number of alkyl halides is 2. The van der Waals surface area contributed by atoms with Crippen molar-refractivity contribution in [2.24, 2.45) is 0 Å². The zero-order valence-electron chi connectivity index (χ0n) is 10.8. The highest BCUT2D eigenvalue weighted by atomic mass is 19.3. The normalized spacial score (nSPS) is 25.9. The first-order valence-corrected chi connectivity index (χ1v) is 6.57. The molecule has 0 aliphatic carbocycles. The third-order valence-electron chi connectivity index (χ3n) is 3.91. The van der Waals surface area contributed by atoms with Crippen LogP contribution in [0.1, 0.15) is 37.3 Å². The van der Waals surface area contributed by atoms with E-state index in [4.69, 9.17) is 9.47 Å². The lowest BCUT2D eigenvalue weighted by Gasteiger charge is -2.30. The maximum atomic E-state index is 13.3. The molecule has 1 N–H and O–H groups in total. The molecule has 1 atom stereocenters. The second kappa shape index (κ2) is 4.63. The Morgan fingerprint density at radius 1 is 1.21 bits per heavy atom. The fourth-order valence-corrected chi connectivity index (χ4v) is 2.89. The van der Waals surface area contributed by atoms with E-state index in [1.165, 1.54) is 6.07 Å². The van der Waals surface area contributed by atoms with Crippen LogP contribution in [0.25, 0.3) is 0 Å². The molecule has 0 radical (unpaired) electrons. The van der Waals surface area contributed by atoms with Gasteiger partial charge in [-0.05, 0) is 44.0 Å². The van der Waals surface area contributed by atoms with Crippen molar-refractivity contribution in [1.82, 2.24) is 5.32 Å². The number of halogens is 2. The van der Waals surface area contributed by atoms with Crippen LogP contribution in [-0.2, 0) is 5.54 Å². The monoisotopic (exact) mass is 269 g/mol. The summed E-state index contributed by atoms with van der Waals surface area (Å²) in [6.45, 7) is 3.69. The van der Waals surface area contributed by atoms with Gasteiger partial charge in [0.05, 0.1) is 0 Å². The molecule has 1 aromatic rings. The second-order valence-corrected chi connectivity index (χ2v) is 5.25. The predicted molar refractivity (Wildman–Crippen MR) is 67.0 cm³/mol. The maximum absolute atomic E-state index is 13.3. The van der Waals surface area contributed by atoms with Gasteiger partial charge in [0.2, 0.25) is 0 Å². The van der Waals surface area contributed by atoms with Crippen LogP contribution in [0.4, 0.5) is 8.78 Å². The lowest BCUT2D eigenvalue weighted by atomic mass is 9.86. The Balaban J connectivity index is 2.10. The quantitative estimate of drug-likeness (QED) is 0.895. The van der Waals surface area contributed by atoms with Gasteiger partial charge in [-0.3, -0.25) is 0 Å². The highest BCUT2D eigenvalue weighted by molar-refractivity contribution is 5.51. The van der Waals surface area contributed by atoms with Crippen LogP contribution in [0.2, 0.25) is 0 Å². The highest BCUT2D eigenvalue weighted by Gasteiger charge is 2.35. The maximum Gasteiger partial charge on any atom is 0.264 e. The van der Waals surface area contributed by atoms with Crippen molar-refractivity contribution in [3.8, 4) is 11.5 Å². The van der Waals surface area contributed by atoms with Gasteiger partial charge in [-0.2, -0.15) is 0 Å². The molecule has 0 aromatic heterocycles. The van der Waals surface area contributed by atoms with Crippen molar-refractivity contribution in [1.29, 1.82) is 0 Å². The van der Waals surface area contributed by atoms with E-state index >= 15 is 0 Å². The van der Waals surface area contributed by atoms with E-state index < -0.39 is 12.0 Å². The summed E-state index contributed by atoms with van der Waals surface area (Å²) in [6, 6.07) is 3.15. The van der Waals surface area contributed by atoms with E-state index in [0.29, 0.717) is 30.3 Å². The summed E-state index contributed by atoms with van der Waals surface area (Å²) in [4.78, 5) is 0. The molecule has 104 valence electrons. The molecule has 2 heterocycles. The Morgan fingerprint density at radius 2 is 1.89 bits per heavy atom. The number of hydrogen-bond acceptors (Lipinski definition) is 3. The molecule has 0 amide bonds. The highest BCUT2D eigenvalue weighted by Crippen LogP contribution is 2.43. The summed E-state index contributed by atoms with van der Waals surface area (Å²) in [5, 5.41) is 3.32. The average molecular weight is 269 g/mol. The molecular weight excluding hydrogens is 252 g/mol. The van der Waals surface area contributed by atoms with Crippen molar-refractivity contribution in [3.05, 3.63) is 23.3 Å². The van der Waals surface area contributed by atoms with E-state index in [2.05, 4.69) is 5.32 Å². The molecule has 3 nitrogen and oxygen atoms in total.